The summed E-state index contributed by atoms with van der Waals surface area (Å²) < 4.78 is 0. The van der Waals surface area contributed by atoms with Crippen LogP contribution in [-0.2, 0) is 0 Å². The Kier molecular flexibility index (Phi) is 3.09. The van der Waals surface area contributed by atoms with Crippen molar-refractivity contribution in [3.63, 3.8) is 0 Å². The third-order valence-corrected chi connectivity index (χ3v) is 4.22. The molecule has 0 unspecified atom stereocenters. The van der Waals surface area contributed by atoms with E-state index in [1.54, 1.807) is 0 Å². The minimum absolute atomic E-state index is 0.713. The topological polar surface area (TPSA) is 12.9 Å². The molecule has 1 heterocycles. The number of halogens is 1. The Morgan fingerprint density at radius 1 is 0.773 bits per heavy atom. The van der Waals surface area contributed by atoms with Gasteiger partial charge in [-0.3, -0.25) is 0 Å². The fourth-order valence-electron chi connectivity index (χ4n) is 2.86. The molecule has 0 fully saturated rings. The lowest BCUT2D eigenvalue weighted by Gasteiger charge is -2.10. The number of benzene rings is 3. The Morgan fingerprint density at radius 2 is 1.50 bits per heavy atom. The maximum atomic E-state index is 6.15. The van der Waals surface area contributed by atoms with Crippen molar-refractivity contribution in [2.75, 3.05) is 0 Å². The first kappa shape index (κ1) is 13.3. The second-order valence-electron chi connectivity index (χ2n) is 5.53. The number of hydrogen-bond acceptors (Lipinski definition) is 1. The molecule has 1 aromatic heterocycles. The summed E-state index contributed by atoms with van der Waals surface area (Å²) >= 11 is 6.15. The average molecular weight is 304 g/mol. The molecule has 0 aliphatic heterocycles. The van der Waals surface area contributed by atoms with E-state index in [0.717, 1.165) is 22.2 Å². The number of aromatic nitrogens is 1. The van der Waals surface area contributed by atoms with E-state index in [-0.39, 0.29) is 0 Å². The molecule has 106 valence electrons. The van der Waals surface area contributed by atoms with Crippen molar-refractivity contribution in [2.45, 2.75) is 6.92 Å². The van der Waals surface area contributed by atoms with Crippen LogP contribution in [-0.4, -0.2) is 4.98 Å². The molecular formula is C20H14ClN. The predicted molar refractivity (Wildman–Crippen MR) is 94.4 cm³/mol. The predicted octanol–water partition coefficient (Wildman–Crippen LogP) is 6.02. The summed E-state index contributed by atoms with van der Waals surface area (Å²) in [6, 6.07) is 22.8. The van der Waals surface area contributed by atoms with E-state index < -0.39 is 0 Å². The monoisotopic (exact) mass is 303 g/mol. The van der Waals surface area contributed by atoms with Crippen molar-refractivity contribution in [3.05, 3.63) is 77.3 Å². The van der Waals surface area contributed by atoms with Crippen molar-refractivity contribution < 1.29 is 0 Å². The lowest BCUT2D eigenvalue weighted by atomic mass is 9.99. The minimum Gasteiger partial charge on any atom is -0.247 e. The molecule has 0 aliphatic carbocycles. The zero-order valence-corrected chi connectivity index (χ0v) is 12.9. The average Bonchev–Trinajstić information content (AvgIpc) is 2.54. The molecule has 1 nitrogen and oxygen atoms in total. The first-order chi connectivity index (χ1) is 10.7. The molecule has 0 N–H and O–H groups in total. The zero-order chi connectivity index (χ0) is 15.1. The number of nitrogens with zero attached hydrogens (tertiary/aromatic N) is 1. The lowest BCUT2D eigenvalue weighted by molar-refractivity contribution is 1.41. The van der Waals surface area contributed by atoms with Gasteiger partial charge in [-0.15, -0.1) is 0 Å². The second kappa shape index (κ2) is 5.11. The highest BCUT2D eigenvalue weighted by Crippen LogP contribution is 2.33. The summed E-state index contributed by atoms with van der Waals surface area (Å²) in [5.41, 5.74) is 4.31. The number of rotatable bonds is 1. The van der Waals surface area contributed by atoms with Gasteiger partial charge >= 0.3 is 0 Å². The van der Waals surface area contributed by atoms with E-state index in [2.05, 4.69) is 55.5 Å². The van der Waals surface area contributed by atoms with Gasteiger partial charge in [-0.05, 0) is 24.4 Å². The van der Waals surface area contributed by atoms with Crippen LogP contribution in [0.1, 0.15) is 5.56 Å². The molecule has 0 bridgehead atoms. The van der Waals surface area contributed by atoms with E-state index in [9.17, 15) is 0 Å². The molecule has 0 saturated carbocycles. The van der Waals surface area contributed by atoms with Crippen molar-refractivity contribution in [1.29, 1.82) is 0 Å². The van der Waals surface area contributed by atoms with E-state index in [1.807, 2.05) is 18.2 Å². The fourth-order valence-corrected chi connectivity index (χ4v) is 3.03. The molecule has 0 aliphatic rings. The molecule has 0 amide bonds. The first-order valence-corrected chi connectivity index (χ1v) is 7.65. The van der Waals surface area contributed by atoms with Gasteiger partial charge in [-0.2, -0.15) is 0 Å². The highest BCUT2D eigenvalue weighted by molar-refractivity contribution is 6.31. The summed E-state index contributed by atoms with van der Waals surface area (Å²) in [5.74, 6) is 0. The van der Waals surface area contributed by atoms with Gasteiger partial charge in [0, 0.05) is 21.4 Å². The normalized spacial score (nSPS) is 11.2. The molecule has 0 atom stereocenters. The third kappa shape index (κ3) is 2.15. The van der Waals surface area contributed by atoms with Crippen LogP contribution in [0.2, 0.25) is 5.02 Å². The van der Waals surface area contributed by atoms with Crippen LogP contribution < -0.4 is 0 Å². The van der Waals surface area contributed by atoms with Gasteiger partial charge in [0.15, 0.2) is 0 Å². The van der Waals surface area contributed by atoms with Gasteiger partial charge in [0.2, 0.25) is 0 Å². The van der Waals surface area contributed by atoms with Crippen LogP contribution in [0.25, 0.3) is 32.9 Å². The fraction of sp³-hybridized carbons (Fsp3) is 0.0500. The Balaban J connectivity index is 2.13. The van der Waals surface area contributed by atoms with Gasteiger partial charge in [-0.25, -0.2) is 4.98 Å². The number of fused-ring (bicyclic) bond motifs is 3. The van der Waals surface area contributed by atoms with Crippen molar-refractivity contribution >= 4 is 33.3 Å². The Morgan fingerprint density at radius 3 is 2.27 bits per heavy atom. The Hall–Kier alpha value is -2.38. The largest absolute Gasteiger partial charge is 0.247 e. The van der Waals surface area contributed by atoms with E-state index >= 15 is 0 Å². The number of hydrogen-bond donors (Lipinski definition) is 0. The van der Waals surface area contributed by atoms with Crippen molar-refractivity contribution in [2.24, 2.45) is 0 Å². The lowest BCUT2D eigenvalue weighted by Crippen LogP contribution is -1.89. The van der Waals surface area contributed by atoms with Crippen molar-refractivity contribution in [3.8, 4) is 11.3 Å². The van der Waals surface area contributed by atoms with Crippen LogP contribution in [0.4, 0.5) is 0 Å². The summed E-state index contributed by atoms with van der Waals surface area (Å²) in [6.45, 7) is 2.09. The smallest absolute Gasteiger partial charge is 0.0788 e. The molecule has 2 heteroatoms. The summed E-state index contributed by atoms with van der Waals surface area (Å²) in [6.07, 6.45) is 0. The molecule has 4 rings (SSSR count). The molecule has 0 saturated heterocycles. The molecule has 4 aromatic rings. The van der Waals surface area contributed by atoms with Crippen LogP contribution in [0.15, 0.2) is 66.7 Å². The Labute approximate surface area is 134 Å². The second-order valence-corrected chi connectivity index (χ2v) is 5.97. The maximum absolute atomic E-state index is 6.15. The SMILES string of the molecule is Cc1ccc(-c2nc3cc(Cl)ccc3c3ccccc23)cc1. The molecule has 0 radical (unpaired) electrons. The minimum atomic E-state index is 0.713. The van der Waals surface area contributed by atoms with Crippen molar-refractivity contribution in [1.82, 2.24) is 4.98 Å². The van der Waals surface area contributed by atoms with Gasteiger partial charge in [0.1, 0.15) is 0 Å². The van der Waals surface area contributed by atoms with Gasteiger partial charge < -0.3 is 0 Å². The van der Waals surface area contributed by atoms with Gasteiger partial charge in [0.25, 0.3) is 0 Å². The number of aryl methyl sites for hydroxylation is 1. The van der Waals surface area contributed by atoms with E-state index in [0.29, 0.717) is 5.02 Å². The van der Waals surface area contributed by atoms with Gasteiger partial charge in [0.05, 0.1) is 11.2 Å². The molecule has 22 heavy (non-hydrogen) atoms. The molecular weight excluding hydrogens is 290 g/mol. The van der Waals surface area contributed by atoms with Crippen LogP contribution in [0.3, 0.4) is 0 Å². The highest BCUT2D eigenvalue weighted by Gasteiger charge is 2.10. The third-order valence-electron chi connectivity index (χ3n) is 3.99. The van der Waals surface area contributed by atoms with E-state index in [1.165, 1.54) is 16.3 Å². The summed E-state index contributed by atoms with van der Waals surface area (Å²) in [7, 11) is 0. The molecule has 0 spiro atoms. The van der Waals surface area contributed by atoms with Crippen LogP contribution in [0.5, 0.6) is 0 Å². The highest BCUT2D eigenvalue weighted by atomic mass is 35.5. The standard InChI is InChI=1S/C20H14ClN/c1-13-6-8-14(9-7-13)20-18-5-3-2-4-16(18)17-11-10-15(21)12-19(17)22-20/h2-12H,1H3. The quantitative estimate of drug-likeness (QED) is 0.392. The summed E-state index contributed by atoms with van der Waals surface area (Å²) in [5, 5.41) is 4.22. The Bertz CT molecular complexity index is 988. The molecule has 3 aromatic carbocycles. The van der Waals surface area contributed by atoms with Crippen LogP contribution >= 0.6 is 11.6 Å². The number of pyridine rings is 1. The van der Waals surface area contributed by atoms with Crippen LogP contribution in [0, 0.1) is 6.92 Å². The zero-order valence-electron chi connectivity index (χ0n) is 12.2. The van der Waals surface area contributed by atoms with Gasteiger partial charge in [-0.1, -0.05) is 71.8 Å². The first-order valence-electron chi connectivity index (χ1n) is 7.27. The maximum Gasteiger partial charge on any atom is 0.0788 e. The summed E-state index contributed by atoms with van der Waals surface area (Å²) in [4.78, 5) is 4.88. The van der Waals surface area contributed by atoms with E-state index in [4.69, 9.17) is 16.6 Å².